The van der Waals surface area contributed by atoms with Gasteiger partial charge in [0.15, 0.2) is 0 Å². The number of primary amides is 1. The largest absolute Gasteiger partial charge is 0.369 e. The van der Waals surface area contributed by atoms with Gasteiger partial charge in [0.1, 0.15) is 5.82 Å². The fraction of sp³-hybridized carbons (Fsp3) is 0.571. The second-order valence-corrected chi connectivity index (χ2v) is 5.12. The quantitative estimate of drug-likeness (QED) is 0.851. The van der Waals surface area contributed by atoms with E-state index in [2.05, 4.69) is 28.2 Å². The van der Waals surface area contributed by atoms with Gasteiger partial charge < -0.3 is 16.0 Å². The summed E-state index contributed by atoms with van der Waals surface area (Å²) >= 11 is 0. The first-order chi connectivity index (χ1) is 9.11. The second-order valence-electron chi connectivity index (χ2n) is 5.12. The zero-order valence-corrected chi connectivity index (χ0v) is 11.6. The molecule has 1 amide bonds. The summed E-state index contributed by atoms with van der Waals surface area (Å²) in [5, 5.41) is 3.19. The molecule has 1 unspecified atom stereocenters. The number of rotatable bonds is 4. The summed E-state index contributed by atoms with van der Waals surface area (Å²) in [5.74, 6) is 0.834. The number of nitrogens with one attached hydrogen (secondary N) is 1. The minimum Gasteiger partial charge on any atom is -0.369 e. The first-order valence-electron chi connectivity index (χ1n) is 6.79. The van der Waals surface area contributed by atoms with Gasteiger partial charge in [-0.2, -0.15) is 0 Å². The Labute approximate surface area is 114 Å². The van der Waals surface area contributed by atoms with E-state index in [1.807, 2.05) is 19.3 Å². The van der Waals surface area contributed by atoms with E-state index in [9.17, 15) is 4.79 Å². The lowest BCUT2D eigenvalue weighted by molar-refractivity contribution is -0.122. The maximum Gasteiger partial charge on any atom is 0.220 e. The lowest BCUT2D eigenvalue weighted by atomic mass is 9.96. The molecule has 0 bridgehead atoms. The molecule has 3 N–H and O–H groups in total. The summed E-state index contributed by atoms with van der Waals surface area (Å²) in [6, 6.07) is 4.46. The molecule has 0 radical (unpaired) electrons. The van der Waals surface area contributed by atoms with E-state index in [-0.39, 0.29) is 11.8 Å². The van der Waals surface area contributed by atoms with Crippen LogP contribution in [0.25, 0.3) is 0 Å². The predicted molar refractivity (Wildman–Crippen MR) is 75.8 cm³/mol. The van der Waals surface area contributed by atoms with Crippen molar-refractivity contribution in [3.05, 3.63) is 23.9 Å². The summed E-state index contributed by atoms with van der Waals surface area (Å²) in [6.45, 7) is 3.80. The number of pyridine rings is 1. The van der Waals surface area contributed by atoms with Crippen molar-refractivity contribution in [2.45, 2.75) is 25.8 Å². The van der Waals surface area contributed by atoms with Crippen molar-refractivity contribution >= 4 is 11.7 Å². The number of aromatic nitrogens is 1. The standard InChI is InChI=1S/C14H22N4O/c1-10(16-2)12-3-4-13(17-9-12)18-7-5-11(6-8-18)14(15)19/h3-4,9-11,16H,5-8H2,1-2H3,(H2,15,19). The van der Waals surface area contributed by atoms with E-state index in [4.69, 9.17) is 5.73 Å². The highest BCUT2D eigenvalue weighted by molar-refractivity contribution is 5.76. The smallest absolute Gasteiger partial charge is 0.220 e. The summed E-state index contributed by atoms with van der Waals surface area (Å²) in [4.78, 5) is 17.9. The molecule has 1 aliphatic rings. The van der Waals surface area contributed by atoms with Gasteiger partial charge in [0.05, 0.1) is 0 Å². The van der Waals surface area contributed by atoms with E-state index < -0.39 is 0 Å². The molecule has 0 spiro atoms. The first kappa shape index (κ1) is 13.8. The lowest BCUT2D eigenvalue weighted by Crippen LogP contribution is -2.38. The minimum atomic E-state index is -0.175. The maximum absolute atomic E-state index is 11.1. The highest BCUT2D eigenvalue weighted by Gasteiger charge is 2.23. The van der Waals surface area contributed by atoms with E-state index in [0.29, 0.717) is 6.04 Å². The Kier molecular flexibility index (Phi) is 4.37. The van der Waals surface area contributed by atoms with Crippen LogP contribution in [0.3, 0.4) is 0 Å². The van der Waals surface area contributed by atoms with Crippen molar-refractivity contribution in [3.8, 4) is 0 Å². The van der Waals surface area contributed by atoms with E-state index in [0.717, 1.165) is 31.7 Å². The van der Waals surface area contributed by atoms with Gasteiger partial charge in [-0.25, -0.2) is 4.98 Å². The van der Waals surface area contributed by atoms with Crippen LogP contribution < -0.4 is 16.0 Å². The Bertz CT molecular complexity index is 424. The zero-order valence-electron chi connectivity index (χ0n) is 11.6. The second kappa shape index (κ2) is 6.02. The van der Waals surface area contributed by atoms with Crippen molar-refractivity contribution < 1.29 is 4.79 Å². The van der Waals surface area contributed by atoms with Crippen LogP contribution in [0.4, 0.5) is 5.82 Å². The molecule has 0 aliphatic carbocycles. The van der Waals surface area contributed by atoms with Crippen molar-refractivity contribution in [1.29, 1.82) is 0 Å². The van der Waals surface area contributed by atoms with Crippen LogP contribution in [0.1, 0.15) is 31.4 Å². The molecule has 1 fully saturated rings. The molecule has 1 saturated heterocycles. The average molecular weight is 262 g/mol. The lowest BCUT2D eigenvalue weighted by Gasteiger charge is -2.31. The van der Waals surface area contributed by atoms with Gasteiger partial charge in [0.25, 0.3) is 0 Å². The molecular formula is C14H22N4O. The molecule has 104 valence electrons. The van der Waals surface area contributed by atoms with Crippen LogP contribution in [0.2, 0.25) is 0 Å². The normalized spacial score (nSPS) is 18.3. The number of anilines is 1. The molecule has 5 heteroatoms. The number of hydrogen-bond donors (Lipinski definition) is 2. The molecule has 0 saturated carbocycles. The topological polar surface area (TPSA) is 71.2 Å². The zero-order chi connectivity index (χ0) is 13.8. The third-order valence-corrected chi connectivity index (χ3v) is 3.93. The van der Waals surface area contributed by atoms with Gasteiger partial charge in [-0.15, -0.1) is 0 Å². The van der Waals surface area contributed by atoms with Crippen LogP contribution in [0.5, 0.6) is 0 Å². The van der Waals surface area contributed by atoms with Crippen LogP contribution >= 0.6 is 0 Å². The monoisotopic (exact) mass is 262 g/mol. The molecule has 2 heterocycles. The van der Waals surface area contributed by atoms with Gasteiger partial charge >= 0.3 is 0 Å². The molecule has 1 atom stereocenters. The number of nitrogens with two attached hydrogens (primary N) is 1. The van der Waals surface area contributed by atoms with Crippen molar-refractivity contribution in [3.63, 3.8) is 0 Å². The number of nitrogens with zero attached hydrogens (tertiary/aromatic N) is 2. The fourth-order valence-electron chi connectivity index (χ4n) is 2.40. The van der Waals surface area contributed by atoms with Crippen LogP contribution in [-0.2, 0) is 4.79 Å². The number of carbonyl (C=O) groups is 1. The van der Waals surface area contributed by atoms with Crippen molar-refractivity contribution in [2.24, 2.45) is 11.7 Å². The van der Waals surface area contributed by atoms with E-state index in [1.54, 1.807) is 0 Å². The third-order valence-electron chi connectivity index (χ3n) is 3.93. The number of carbonyl (C=O) groups excluding carboxylic acids is 1. The first-order valence-corrected chi connectivity index (χ1v) is 6.79. The number of amides is 1. The fourth-order valence-corrected chi connectivity index (χ4v) is 2.40. The molecule has 1 aromatic heterocycles. The van der Waals surface area contributed by atoms with Gasteiger partial charge in [0, 0.05) is 31.2 Å². The Morgan fingerprint density at radius 2 is 2.16 bits per heavy atom. The molecule has 2 rings (SSSR count). The summed E-state index contributed by atoms with van der Waals surface area (Å²) in [6.07, 6.45) is 3.56. The van der Waals surface area contributed by atoms with Gasteiger partial charge in [0.2, 0.25) is 5.91 Å². The predicted octanol–water partition coefficient (Wildman–Crippen LogP) is 1.06. The number of hydrogen-bond acceptors (Lipinski definition) is 4. The van der Waals surface area contributed by atoms with Gasteiger partial charge in [-0.05, 0) is 38.4 Å². The molecule has 19 heavy (non-hydrogen) atoms. The molecule has 0 aromatic carbocycles. The Balaban J connectivity index is 1.98. The Hall–Kier alpha value is -1.62. The Morgan fingerprint density at radius 1 is 1.47 bits per heavy atom. The molecule has 5 nitrogen and oxygen atoms in total. The summed E-state index contributed by atoms with van der Waals surface area (Å²) < 4.78 is 0. The minimum absolute atomic E-state index is 0.0276. The maximum atomic E-state index is 11.1. The SMILES string of the molecule is CNC(C)c1ccc(N2CCC(C(N)=O)CC2)nc1. The molecule has 1 aliphatic heterocycles. The Morgan fingerprint density at radius 3 is 2.63 bits per heavy atom. The van der Waals surface area contributed by atoms with Crippen LogP contribution in [0.15, 0.2) is 18.3 Å². The summed E-state index contributed by atoms with van der Waals surface area (Å²) in [7, 11) is 1.94. The highest BCUT2D eigenvalue weighted by atomic mass is 16.1. The van der Waals surface area contributed by atoms with Gasteiger partial charge in [-0.1, -0.05) is 6.07 Å². The molecule has 1 aromatic rings. The number of piperidine rings is 1. The summed E-state index contributed by atoms with van der Waals surface area (Å²) in [5.41, 5.74) is 6.52. The van der Waals surface area contributed by atoms with E-state index in [1.165, 1.54) is 5.56 Å². The van der Waals surface area contributed by atoms with Crippen molar-refractivity contribution in [2.75, 3.05) is 25.0 Å². The highest BCUT2D eigenvalue weighted by Crippen LogP contribution is 2.22. The van der Waals surface area contributed by atoms with E-state index >= 15 is 0 Å². The van der Waals surface area contributed by atoms with Crippen LogP contribution in [0, 0.1) is 5.92 Å². The molecular weight excluding hydrogens is 240 g/mol. The third kappa shape index (κ3) is 3.23. The average Bonchev–Trinajstić information content (AvgIpc) is 2.46. The van der Waals surface area contributed by atoms with Gasteiger partial charge in [-0.3, -0.25) is 4.79 Å². The van der Waals surface area contributed by atoms with Crippen LogP contribution in [-0.4, -0.2) is 31.0 Å². The van der Waals surface area contributed by atoms with Crippen molar-refractivity contribution in [1.82, 2.24) is 10.3 Å².